The molecule has 146 valence electrons. The molecule has 0 bridgehead atoms. The first kappa shape index (κ1) is 20.4. The van der Waals surface area contributed by atoms with Crippen molar-refractivity contribution in [3.63, 3.8) is 0 Å². The highest BCUT2D eigenvalue weighted by Gasteiger charge is 2.19. The number of thioether (sulfide) groups is 1. The molecule has 28 heavy (non-hydrogen) atoms. The lowest BCUT2D eigenvalue weighted by Gasteiger charge is -2.15. The number of hydrogen-bond donors (Lipinski definition) is 1. The van der Waals surface area contributed by atoms with Crippen LogP contribution in [0, 0.1) is 0 Å². The van der Waals surface area contributed by atoms with Crippen molar-refractivity contribution in [1.29, 1.82) is 0 Å². The van der Waals surface area contributed by atoms with E-state index in [-0.39, 0.29) is 17.8 Å². The average Bonchev–Trinajstić information content (AvgIpc) is 3.10. The van der Waals surface area contributed by atoms with Crippen molar-refractivity contribution in [3.8, 4) is 5.75 Å². The highest BCUT2D eigenvalue weighted by molar-refractivity contribution is 9.10. The molecule has 0 aliphatic rings. The standard InChI is InChI=1S/C20H21BrN4O2S/c1-3-25-19(14(2)27-17-10-5-4-6-11-17)23-24-20(25)28-13-18(26)22-16-9-7-8-15(21)12-16/h4-12,14H,3,13H2,1-2H3,(H,22,26)/t14-/m1/s1. The summed E-state index contributed by atoms with van der Waals surface area (Å²) in [7, 11) is 0. The summed E-state index contributed by atoms with van der Waals surface area (Å²) < 4.78 is 8.85. The monoisotopic (exact) mass is 460 g/mol. The number of para-hydroxylation sites is 1. The van der Waals surface area contributed by atoms with Crippen LogP contribution in [0.3, 0.4) is 0 Å². The van der Waals surface area contributed by atoms with Crippen LogP contribution < -0.4 is 10.1 Å². The summed E-state index contributed by atoms with van der Waals surface area (Å²) in [6, 6.07) is 17.1. The number of benzene rings is 2. The molecule has 1 amide bonds. The van der Waals surface area contributed by atoms with Crippen molar-refractivity contribution in [2.45, 2.75) is 31.7 Å². The lowest BCUT2D eigenvalue weighted by Crippen LogP contribution is -2.15. The maximum absolute atomic E-state index is 12.2. The molecule has 0 unspecified atom stereocenters. The van der Waals surface area contributed by atoms with Gasteiger partial charge in [-0.1, -0.05) is 52.0 Å². The number of nitrogens with one attached hydrogen (secondary N) is 1. The Balaban J connectivity index is 1.62. The fraction of sp³-hybridized carbons (Fsp3) is 0.250. The number of nitrogens with zero attached hydrogens (tertiary/aromatic N) is 3. The van der Waals surface area contributed by atoms with Crippen LogP contribution >= 0.6 is 27.7 Å². The Morgan fingerprint density at radius 3 is 2.71 bits per heavy atom. The molecule has 0 radical (unpaired) electrons. The average molecular weight is 461 g/mol. The molecule has 6 nitrogen and oxygen atoms in total. The molecule has 1 N–H and O–H groups in total. The summed E-state index contributed by atoms with van der Waals surface area (Å²) in [5, 5.41) is 12.1. The third-order valence-electron chi connectivity index (χ3n) is 3.92. The van der Waals surface area contributed by atoms with E-state index in [0.29, 0.717) is 11.7 Å². The smallest absolute Gasteiger partial charge is 0.234 e. The Labute approximate surface area is 176 Å². The third-order valence-corrected chi connectivity index (χ3v) is 5.38. The van der Waals surface area contributed by atoms with E-state index in [1.807, 2.05) is 73.0 Å². The van der Waals surface area contributed by atoms with Gasteiger partial charge in [0.25, 0.3) is 0 Å². The molecular formula is C20H21BrN4O2S. The highest BCUT2D eigenvalue weighted by Crippen LogP contribution is 2.24. The van der Waals surface area contributed by atoms with E-state index in [0.717, 1.165) is 21.7 Å². The summed E-state index contributed by atoms with van der Waals surface area (Å²) in [6.45, 7) is 4.66. The van der Waals surface area contributed by atoms with Gasteiger partial charge in [-0.25, -0.2) is 0 Å². The van der Waals surface area contributed by atoms with Crippen molar-refractivity contribution in [1.82, 2.24) is 14.8 Å². The van der Waals surface area contributed by atoms with Crippen molar-refractivity contribution in [2.24, 2.45) is 0 Å². The molecule has 0 aliphatic carbocycles. The fourth-order valence-electron chi connectivity index (χ4n) is 2.65. The van der Waals surface area contributed by atoms with E-state index in [4.69, 9.17) is 4.74 Å². The van der Waals surface area contributed by atoms with Gasteiger partial charge >= 0.3 is 0 Å². The zero-order valence-corrected chi connectivity index (χ0v) is 18.0. The maximum atomic E-state index is 12.2. The van der Waals surface area contributed by atoms with Crippen LogP contribution in [0.2, 0.25) is 0 Å². The minimum absolute atomic E-state index is 0.0936. The van der Waals surface area contributed by atoms with E-state index in [1.165, 1.54) is 11.8 Å². The van der Waals surface area contributed by atoms with Crippen molar-refractivity contribution >= 4 is 39.3 Å². The lowest BCUT2D eigenvalue weighted by molar-refractivity contribution is -0.113. The first-order valence-corrected chi connectivity index (χ1v) is 10.7. The zero-order valence-electron chi connectivity index (χ0n) is 15.6. The van der Waals surface area contributed by atoms with Crippen molar-refractivity contribution in [2.75, 3.05) is 11.1 Å². The van der Waals surface area contributed by atoms with Crippen LogP contribution in [0.1, 0.15) is 25.8 Å². The lowest BCUT2D eigenvalue weighted by atomic mass is 10.3. The Hall–Kier alpha value is -2.32. The van der Waals surface area contributed by atoms with Crippen molar-refractivity contribution < 1.29 is 9.53 Å². The van der Waals surface area contributed by atoms with Crippen LogP contribution in [0.5, 0.6) is 5.75 Å². The molecule has 1 atom stereocenters. The number of ether oxygens (including phenoxy) is 1. The minimum Gasteiger partial charge on any atom is -0.483 e. The molecule has 0 fully saturated rings. The molecule has 3 aromatic rings. The van der Waals surface area contributed by atoms with Crippen LogP contribution in [0.25, 0.3) is 0 Å². The summed E-state index contributed by atoms with van der Waals surface area (Å²) in [6.07, 6.45) is -0.250. The zero-order chi connectivity index (χ0) is 19.9. The molecule has 2 aromatic carbocycles. The Morgan fingerprint density at radius 2 is 2.00 bits per heavy atom. The van der Waals surface area contributed by atoms with Gasteiger partial charge in [-0.2, -0.15) is 0 Å². The molecule has 1 heterocycles. The topological polar surface area (TPSA) is 69.0 Å². The van der Waals surface area contributed by atoms with Crippen LogP contribution in [0.15, 0.2) is 64.2 Å². The van der Waals surface area contributed by atoms with E-state index in [2.05, 4.69) is 31.4 Å². The van der Waals surface area contributed by atoms with Gasteiger partial charge in [0.15, 0.2) is 17.1 Å². The highest BCUT2D eigenvalue weighted by atomic mass is 79.9. The van der Waals surface area contributed by atoms with Gasteiger partial charge in [-0.05, 0) is 44.2 Å². The number of rotatable bonds is 8. The van der Waals surface area contributed by atoms with Gasteiger partial charge in [0.2, 0.25) is 5.91 Å². The van der Waals surface area contributed by atoms with E-state index in [1.54, 1.807) is 0 Å². The van der Waals surface area contributed by atoms with Crippen molar-refractivity contribution in [3.05, 3.63) is 64.9 Å². The van der Waals surface area contributed by atoms with Gasteiger partial charge < -0.3 is 14.6 Å². The number of carbonyl (C=O) groups is 1. The number of amides is 1. The van der Waals surface area contributed by atoms with Crippen LogP contribution in [-0.4, -0.2) is 26.4 Å². The van der Waals surface area contributed by atoms with Gasteiger partial charge in [0.05, 0.1) is 5.75 Å². The molecule has 8 heteroatoms. The number of halogens is 1. The summed E-state index contributed by atoms with van der Waals surface area (Å²) in [5.41, 5.74) is 0.752. The van der Waals surface area contributed by atoms with Crippen LogP contribution in [-0.2, 0) is 11.3 Å². The molecule has 0 aliphatic heterocycles. The number of hydrogen-bond acceptors (Lipinski definition) is 5. The molecule has 3 rings (SSSR count). The van der Waals surface area contributed by atoms with E-state index < -0.39 is 0 Å². The molecule has 0 saturated carbocycles. The van der Waals surface area contributed by atoms with E-state index >= 15 is 0 Å². The Bertz CT molecular complexity index is 933. The minimum atomic E-state index is -0.250. The van der Waals surface area contributed by atoms with Crippen LogP contribution in [0.4, 0.5) is 5.69 Å². The predicted molar refractivity (Wildman–Crippen MR) is 115 cm³/mol. The second-order valence-electron chi connectivity index (χ2n) is 6.01. The first-order valence-electron chi connectivity index (χ1n) is 8.90. The first-order chi connectivity index (χ1) is 13.6. The molecular weight excluding hydrogens is 440 g/mol. The predicted octanol–water partition coefficient (Wildman–Crippen LogP) is 4.93. The second-order valence-corrected chi connectivity index (χ2v) is 7.86. The maximum Gasteiger partial charge on any atom is 0.234 e. The van der Waals surface area contributed by atoms with Gasteiger partial charge in [-0.3, -0.25) is 4.79 Å². The van der Waals surface area contributed by atoms with Gasteiger partial charge in [0, 0.05) is 16.7 Å². The molecule has 0 saturated heterocycles. The Kier molecular flexibility index (Phi) is 7.11. The number of carbonyl (C=O) groups excluding carboxylic acids is 1. The molecule has 1 aromatic heterocycles. The fourth-order valence-corrected chi connectivity index (χ4v) is 3.86. The van der Waals surface area contributed by atoms with E-state index in [9.17, 15) is 4.79 Å². The summed E-state index contributed by atoms with van der Waals surface area (Å²) in [5.74, 6) is 1.67. The third kappa shape index (κ3) is 5.36. The largest absolute Gasteiger partial charge is 0.483 e. The quantitative estimate of drug-likeness (QED) is 0.482. The van der Waals surface area contributed by atoms with Gasteiger partial charge in [0.1, 0.15) is 5.75 Å². The number of anilines is 1. The van der Waals surface area contributed by atoms with Gasteiger partial charge in [-0.15, -0.1) is 10.2 Å². The summed E-state index contributed by atoms with van der Waals surface area (Å²) >= 11 is 4.75. The SMILES string of the molecule is CCn1c(SCC(=O)Nc2cccc(Br)c2)nnc1[C@@H](C)Oc1ccccc1. The Morgan fingerprint density at radius 1 is 1.21 bits per heavy atom. The normalized spacial score (nSPS) is 11.8. The molecule has 0 spiro atoms. The summed E-state index contributed by atoms with van der Waals surface area (Å²) in [4.78, 5) is 12.2. The number of aromatic nitrogens is 3. The second kappa shape index (κ2) is 9.75.